The number of nitrogens with zero attached hydrogens (tertiary/aromatic N) is 1. The van der Waals surface area contributed by atoms with E-state index in [1.54, 1.807) is 30.3 Å². The largest absolute Gasteiger partial charge is 0.493 e. The molecule has 0 saturated carbocycles. The van der Waals surface area contributed by atoms with E-state index in [-0.39, 0.29) is 37.1 Å². The summed E-state index contributed by atoms with van der Waals surface area (Å²) >= 11 is 0. The van der Waals surface area contributed by atoms with Crippen LogP contribution in [0.3, 0.4) is 0 Å². The van der Waals surface area contributed by atoms with E-state index in [0.29, 0.717) is 22.4 Å². The highest BCUT2D eigenvalue weighted by Crippen LogP contribution is 2.38. The second kappa shape index (κ2) is 13.0. The van der Waals surface area contributed by atoms with E-state index in [2.05, 4.69) is 11.6 Å². The van der Waals surface area contributed by atoms with E-state index in [0.717, 1.165) is 0 Å². The van der Waals surface area contributed by atoms with Gasteiger partial charge in [0.05, 0.1) is 12.3 Å². The summed E-state index contributed by atoms with van der Waals surface area (Å²) in [6.45, 7) is 3.69. The minimum absolute atomic E-state index is 0.0825. The smallest absolute Gasteiger partial charge is 0.429 e. The van der Waals surface area contributed by atoms with Gasteiger partial charge < -0.3 is 31.7 Å². The third-order valence-corrected chi connectivity index (χ3v) is 5.33. The molecule has 3 aromatic carbocycles. The summed E-state index contributed by atoms with van der Waals surface area (Å²) < 4.78 is 66.1. The second-order valence-electron chi connectivity index (χ2n) is 8.48. The average Bonchev–Trinajstić information content (AvgIpc) is 2.89. The fourth-order valence-corrected chi connectivity index (χ4v) is 3.48. The molecule has 204 valence electrons. The second-order valence-corrected chi connectivity index (χ2v) is 8.48. The number of hydrogen-bond acceptors (Lipinski definition) is 5. The van der Waals surface area contributed by atoms with Gasteiger partial charge in [-0.3, -0.25) is 0 Å². The first-order chi connectivity index (χ1) is 18.5. The summed E-state index contributed by atoms with van der Waals surface area (Å²) in [4.78, 5) is 3.99. The number of benzene rings is 3. The van der Waals surface area contributed by atoms with Gasteiger partial charge in [0.25, 0.3) is 7.48 Å². The minimum atomic E-state index is -4.78. The lowest BCUT2D eigenvalue weighted by Crippen LogP contribution is -2.33. The molecule has 2 unspecified atom stereocenters. The molecule has 0 aromatic heterocycles. The number of alkyl halides is 3. The molecule has 7 N–H and O–H groups in total. The normalized spacial score (nSPS) is 13.2. The highest BCUT2D eigenvalue weighted by molar-refractivity contribution is 6.27. The van der Waals surface area contributed by atoms with Crippen molar-refractivity contribution in [2.75, 3.05) is 6.61 Å². The zero-order chi connectivity index (χ0) is 28.6. The number of hydrogen-bond donors (Lipinski definition) is 4. The number of rotatable bonds is 11. The average molecular weight is 542 g/mol. The number of guanidine groups is 1. The Morgan fingerprint density at radius 2 is 1.69 bits per heavy atom. The number of allylic oxidation sites excluding steroid dienone is 1. The van der Waals surface area contributed by atoms with Crippen molar-refractivity contribution in [3.05, 3.63) is 108 Å². The molecule has 0 aliphatic heterocycles. The lowest BCUT2D eigenvalue weighted by Gasteiger charge is -2.23. The highest BCUT2D eigenvalue weighted by atomic mass is 19.4. The Balaban J connectivity index is 1.83. The van der Waals surface area contributed by atoms with Crippen LogP contribution in [0, 0.1) is 5.82 Å². The highest BCUT2D eigenvalue weighted by Gasteiger charge is 2.43. The lowest BCUT2D eigenvalue weighted by molar-refractivity contribution is -0.211. The van der Waals surface area contributed by atoms with Gasteiger partial charge in [-0.05, 0) is 47.5 Å². The van der Waals surface area contributed by atoms with E-state index in [1.165, 1.54) is 48.5 Å². The Morgan fingerprint density at radius 3 is 2.26 bits per heavy atom. The predicted molar refractivity (Wildman–Crippen MR) is 144 cm³/mol. The Morgan fingerprint density at radius 1 is 1.03 bits per heavy atom. The summed E-state index contributed by atoms with van der Waals surface area (Å²) in [5.41, 5.74) is 18.1. The Hall–Kier alpha value is -4.29. The number of nitrogens with two attached hydrogens (primary N) is 3. The lowest BCUT2D eigenvalue weighted by atomic mass is 9.90. The maximum atomic E-state index is 14.0. The summed E-state index contributed by atoms with van der Waals surface area (Å²) in [5, 5.41) is 9.00. The predicted octanol–water partition coefficient (Wildman–Crippen LogP) is 3.95. The molecular formula is C27H27BF4N4O3. The maximum absolute atomic E-state index is 14.0. The molecule has 3 rings (SSSR count). The molecule has 0 heterocycles. The van der Waals surface area contributed by atoms with Gasteiger partial charge in [0, 0.05) is 23.1 Å². The molecule has 3 aromatic rings. The molecule has 12 heteroatoms. The van der Waals surface area contributed by atoms with Crippen LogP contribution in [0.4, 0.5) is 17.6 Å². The molecule has 0 bridgehead atoms. The van der Waals surface area contributed by atoms with Crippen LogP contribution < -0.4 is 21.9 Å². The molecular weight excluding hydrogens is 515 g/mol. The Kier molecular flexibility index (Phi) is 9.75. The van der Waals surface area contributed by atoms with E-state index < -0.39 is 24.0 Å². The van der Waals surface area contributed by atoms with Crippen molar-refractivity contribution in [2.24, 2.45) is 22.2 Å². The van der Waals surface area contributed by atoms with Crippen molar-refractivity contribution in [3.8, 4) is 16.9 Å². The molecule has 0 amide bonds. The topological polar surface area (TPSA) is 129 Å². The fourth-order valence-electron chi connectivity index (χ4n) is 3.48. The first-order valence-corrected chi connectivity index (χ1v) is 11.7. The van der Waals surface area contributed by atoms with Gasteiger partial charge >= 0.3 is 6.18 Å². The first kappa shape index (κ1) is 29.3. The van der Waals surface area contributed by atoms with Crippen LogP contribution in [0.2, 0.25) is 0 Å². The van der Waals surface area contributed by atoms with E-state index in [1.807, 2.05) is 0 Å². The first-order valence-electron chi connectivity index (χ1n) is 11.7. The molecule has 0 saturated heterocycles. The number of ether oxygens (including phenoxy) is 2. The van der Waals surface area contributed by atoms with Gasteiger partial charge in [-0.2, -0.15) is 13.2 Å². The summed E-state index contributed by atoms with van der Waals surface area (Å²) in [7, 11) is -0.242. The number of aliphatic imine (C=N–C) groups is 1. The third-order valence-electron chi connectivity index (χ3n) is 5.33. The Bertz CT molecular complexity index is 1330. The van der Waals surface area contributed by atoms with Crippen LogP contribution in [-0.2, 0) is 4.74 Å². The van der Waals surface area contributed by atoms with Gasteiger partial charge in [-0.1, -0.05) is 43.0 Å². The van der Waals surface area contributed by atoms with Crippen LogP contribution in [0.5, 0.6) is 5.75 Å². The zero-order valence-corrected chi connectivity index (χ0v) is 20.7. The van der Waals surface area contributed by atoms with Crippen LogP contribution in [0.1, 0.15) is 17.2 Å². The van der Waals surface area contributed by atoms with Gasteiger partial charge in [-0.25, -0.2) is 9.38 Å². The van der Waals surface area contributed by atoms with Crippen molar-refractivity contribution in [3.63, 3.8) is 0 Å². The van der Waals surface area contributed by atoms with E-state index in [4.69, 9.17) is 31.7 Å². The van der Waals surface area contributed by atoms with E-state index in [9.17, 15) is 17.6 Å². The monoisotopic (exact) mass is 542 g/mol. The summed E-state index contributed by atoms with van der Waals surface area (Å²) in [6, 6.07) is 17.5. The fraction of sp³-hybridized carbons (Fsp3) is 0.148. The SMILES string of the molecule is C=C(/C=C(\N=C(N)N)c1ccc(OCC(N)BO)cc1)OC(c1ccc(-c2cccc(F)c2)cc1)C(F)(F)F. The Labute approximate surface area is 223 Å². The molecule has 0 fully saturated rings. The third kappa shape index (κ3) is 8.62. The van der Waals surface area contributed by atoms with Crippen LogP contribution in [0.25, 0.3) is 16.8 Å². The quantitative estimate of drug-likeness (QED) is 0.0726. The van der Waals surface area contributed by atoms with E-state index >= 15 is 0 Å². The van der Waals surface area contributed by atoms with Crippen molar-refractivity contribution in [1.82, 2.24) is 0 Å². The zero-order valence-electron chi connectivity index (χ0n) is 20.7. The molecule has 39 heavy (non-hydrogen) atoms. The summed E-state index contributed by atoms with van der Waals surface area (Å²) in [5.74, 6) is -1.24. The molecule has 0 aliphatic rings. The van der Waals surface area contributed by atoms with Crippen LogP contribution in [0.15, 0.2) is 96.2 Å². The summed E-state index contributed by atoms with van der Waals surface area (Å²) in [6.07, 6.45) is -5.94. The maximum Gasteiger partial charge on any atom is 0.429 e. The van der Waals surface area contributed by atoms with Crippen LogP contribution >= 0.6 is 0 Å². The van der Waals surface area contributed by atoms with Gasteiger partial charge in [0.15, 0.2) is 5.96 Å². The molecule has 0 radical (unpaired) electrons. The standard InChI is InChI=1S/C27H27BF4N4O3/c1-16(13-23(36-26(34)35)18-9-11-22(12-10-18)38-15-24(33)28-37)39-25(27(30,31)32)19-7-5-17(6-8-19)20-3-2-4-21(29)14-20/h2-14,24-25,28,37H,1,15,33H2,(H4,34,35,36)/b23-13-. The van der Waals surface area contributed by atoms with Crippen molar-refractivity contribution >= 4 is 19.1 Å². The van der Waals surface area contributed by atoms with Crippen molar-refractivity contribution in [1.29, 1.82) is 0 Å². The molecule has 7 nitrogen and oxygen atoms in total. The number of halogens is 4. The van der Waals surface area contributed by atoms with Gasteiger partial charge in [-0.15, -0.1) is 0 Å². The van der Waals surface area contributed by atoms with Gasteiger partial charge in [0.1, 0.15) is 17.3 Å². The van der Waals surface area contributed by atoms with Gasteiger partial charge in [0.2, 0.25) is 6.10 Å². The molecule has 0 spiro atoms. The minimum Gasteiger partial charge on any atom is -0.493 e. The van der Waals surface area contributed by atoms with Crippen LogP contribution in [-0.4, -0.2) is 37.2 Å². The molecule has 2 atom stereocenters. The van der Waals surface area contributed by atoms with Crippen molar-refractivity contribution in [2.45, 2.75) is 18.2 Å². The van der Waals surface area contributed by atoms with Crippen molar-refractivity contribution < 1.29 is 32.1 Å². The molecule has 0 aliphatic carbocycles.